The molecule has 10 heteroatoms. The topological polar surface area (TPSA) is 126 Å². The van der Waals surface area contributed by atoms with Gasteiger partial charge < -0.3 is 20.5 Å². The molecule has 0 saturated heterocycles. The highest BCUT2D eigenvalue weighted by Crippen LogP contribution is 2.29. The van der Waals surface area contributed by atoms with E-state index in [0.717, 1.165) is 34.8 Å². The third-order valence-corrected chi connectivity index (χ3v) is 6.78. The third-order valence-electron chi connectivity index (χ3n) is 5.78. The molecule has 3 heterocycles. The Morgan fingerprint density at radius 3 is 2.74 bits per heavy atom. The maximum atomic E-state index is 12.1. The summed E-state index contributed by atoms with van der Waals surface area (Å²) in [5, 5.41) is 15.7. The van der Waals surface area contributed by atoms with Gasteiger partial charge in [0.05, 0.1) is 16.5 Å². The fourth-order valence-corrected chi connectivity index (χ4v) is 4.69. The molecule has 4 rings (SSSR count). The lowest BCUT2D eigenvalue weighted by Gasteiger charge is -2.25. The molecule has 0 spiro atoms. The van der Waals surface area contributed by atoms with Crippen LogP contribution in [0.2, 0.25) is 0 Å². The van der Waals surface area contributed by atoms with Gasteiger partial charge in [-0.15, -0.1) is 11.3 Å². The number of anilines is 2. The summed E-state index contributed by atoms with van der Waals surface area (Å²) in [6, 6.07) is 9.56. The zero-order valence-corrected chi connectivity index (χ0v) is 19.7. The smallest absolute Gasteiger partial charge is 0.407 e. The SMILES string of the molecule is Cc1ccnc(Nc2cccc(-c3cnc(COC(=O)NCC4CCC(C(=O)O)CC4)s3)n2)c1. The van der Waals surface area contributed by atoms with Gasteiger partial charge in [0.15, 0.2) is 0 Å². The fourth-order valence-electron chi connectivity index (χ4n) is 3.89. The minimum atomic E-state index is -0.727. The van der Waals surface area contributed by atoms with Gasteiger partial charge >= 0.3 is 12.1 Å². The van der Waals surface area contributed by atoms with E-state index >= 15 is 0 Å². The van der Waals surface area contributed by atoms with Gasteiger partial charge in [0.2, 0.25) is 0 Å². The zero-order chi connectivity index (χ0) is 23.9. The number of alkyl carbamates (subject to hydrolysis) is 1. The monoisotopic (exact) mass is 481 g/mol. The summed E-state index contributed by atoms with van der Waals surface area (Å²) in [6.07, 6.45) is 5.89. The summed E-state index contributed by atoms with van der Waals surface area (Å²) in [7, 11) is 0. The number of carboxylic acids is 1. The number of thiazole rings is 1. The van der Waals surface area contributed by atoms with Crippen LogP contribution in [0.4, 0.5) is 16.4 Å². The molecule has 0 aliphatic heterocycles. The number of pyridine rings is 2. The molecule has 34 heavy (non-hydrogen) atoms. The van der Waals surface area contributed by atoms with Crippen LogP contribution in [0.5, 0.6) is 0 Å². The summed E-state index contributed by atoms with van der Waals surface area (Å²) in [5.74, 6) is 0.710. The minimum Gasteiger partial charge on any atom is -0.481 e. The molecule has 9 nitrogen and oxygen atoms in total. The Labute approximate surface area is 201 Å². The summed E-state index contributed by atoms with van der Waals surface area (Å²) in [4.78, 5) is 37.3. The average molecular weight is 482 g/mol. The number of amides is 1. The van der Waals surface area contributed by atoms with Gasteiger partial charge in [-0.1, -0.05) is 6.07 Å². The van der Waals surface area contributed by atoms with E-state index in [2.05, 4.69) is 25.6 Å². The number of carbonyl (C=O) groups is 2. The van der Waals surface area contributed by atoms with Crippen molar-refractivity contribution in [2.24, 2.45) is 11.8 Å². The van der Waals surface area contributed by atoms with Gasteiger partial charge in [0, 0.05) is 18.9 Å². The van der Waals surface area contributed by atoms with Crippen LogP contribution >= 0.6 is 11.3 Å². The van der Waals surface area contributed by atoms with E-state index in [1.54, 1.807) is 12.4 Å². The van der Waals surface area contributed by atoms with E-state index < -0.39 is 12.1 Å². The summed E-state index contributed by atoms with van der Waals surface area (Å²) < 4.78 is 5.30. The van der Waals surface area contributed by atoms with Gasteiger partial charge in [-0.25, -0.2) is 19.7 Å². The quantitative estimate of drug-likeness (QED) is 0.420. The molecular weight excluding hydrogens is 454 g/mol. The van der Waals surface area contributed by atoms with Crippen LogP contribution in [-0.4, -0.2) is 38.7 Å². The highest BCUT2D eigenvalue weighted by molar-refractivity contribution is 7.15. The van der Waals surface area contributed by atoms with Crippen molar-refractivity contribution in [1.29, 1.82) is 0 Å². The minimum absolute atomic E-state index is 0.0768. The molecule has 0 bridgehead atoms. The molecule has 0 aromatic carbocycles. The number of rotatable bonds is 8. The predicted octanol–water partition coefficient (Wildman–Crippen LogP) is 4.77. The molecular formula is C24H27N5O4S. The molecule has 0 atom stereocenters. The zero-order valence-electron chi connectivity index (χ0n) is 18.9. The van der Waals surface area contributed by atoms with Gasteiger partial charge in [-0.2, -0.15) is 0 Å². The molecule has 3 aromatic rings. The third kappa shape index (κ3) is 6.50. The lowest BCUT2D eigenvalue weighted by molar-refractivity contribution is -0.143. The molecule has 178 valence electrons. The first-order valence-corrected chi connectivity index (χ1v) is 12.0. The normalized spacial score (nSPS) is 17.7. The second kappa shape index (κ2) is 11.1. The number of hydrogen-bond donors (Lipinski definition) is 3. The van der Waals surface area contributed by atoms with Crippen molar-refractivity contribution in [3.05, 3.63) is 53.3 Å². The maximum Gasteiger partial charge on any atom is 0.407 e. The Bertz CT molecular complexity index is 1140. The standard InChI is InChI=1S/C24H27N5O4S/c1-15-9-10-25-21(11-15)29-20-4-2-3-18(28-20)19-13-26-22(34-19)14-33-24(32)27-12-16-5-7-17(8-6-16)23(30)31/h2-4,9-11,13,16-17H,5-8,12,14H2,1H3,(H,27,32)(H,30,31)(H,25,28,29). The predicted molar refractivity (Wildman–Crippen MR) is 129 cm³/mol. The number of hydrogen-bond acceptors (Lipinski definition) is 8. The second-order valence-corrected chi connectivity index (χ2v) is 9.50. The van der Waals surface area contributed by atoms with Gasteiger partial charge in [0.25, 0.3) is 0 Å². The van der Waals surface area contributed by atoms with Gasteiger partial charge in [0.1, 0.15) is 23.3 Å². The molecule has 1 fully saturated rings. The van der Waals surface area contributed by atoms with Crippen LogP contribution < -0.4 is 10.6 Å². The largest absolute Gasteiger partial charge is 0.481 e. The van der Waals surface area contributed by atoms with Crippen LogP contribution in [0.25, 0.3) is 10.6 Å². The lowest BCUT2D eigenvalue weighted by Crippen LogP contribution is -2.32. The Kier molecular flexibility index (Phi) is 7.69. The van der Waals surface area contributed by atoms with E-state index in [0.29, 0.717) is 30.2 Å². The van der Waals surface area contributed by atoms with E-state index in [1.807, 2.05) is 37.3 Å². The van der Waals surface area contributed by atoms with Crippen LogP contribution in [0.3, 0.4) is 0 Å². The van der Waals surface area contributed by atoms with E-state index in [-0.39, 0.29) is 18.4 Å². The van der Waals surface area contributed by atoms with E-state index in [4.69, 9.17) is 9.84 Å². The highest BCUT2D eigenvalue weighted by atomic mass is 32.1. The van der Waals surface area contributed by atoms with Crippen molar-refractivity contribution in [3.8, 4) is 10.6 Å². The van der Waals surface area contributed by atoms with Crippen molar-refractivity contribution in [1.82, 2.24) is 20.3 Å². The number of aryl methyl sites for hydroxylation is 1. The number of aliphatic carboxylic acids is 1. The van der Waals surface area contributed by atoms with Crippen LogP contribution in [-0.2, 0) is 16.1 Å². The first-order chi connectivity index (χ1) is 16.5. The maximum absolute atomic E-state index is 12.1. The molecule has 1 amide bonds. The fraction of sp³-hybridized carbons (Fsp3) is 0.375. The van der Waals surface area contributed by atoms with Crippen LogP contribution in [0.15, 0.2) is 42.7 Å². The molecule has 0 radical (unpaired) electrons. The van der Waals surface area contributed by atoms with Crippen LogP contribution in [0, 0.1) is 18.8 Å². The number of carboxylic acid groups (broad SMARTS) is 1. The summed E-state index contributed by atoms with van der Waals surface area (Å²) >= 11 is 1.42. The molecule has 3 aromatic heterocycles. The number of aromatic nitrogens is 3. The van der Waals surface area contributed by atoms with Crippen molar-refractivity contribution < 1.29 is 19.4 Å². The Morgan fingerprint density at radius 1 is 1.15 bits per heavy atom. The Morgan fingerprint density at radius 2 is 1.97 bits per heavy atom. The molecule has 1 aliphatic rings. The molecule has 1 saturated carbocycles. The van der Waals surface area contributed by atoms with Crippen molar-refractivity contribution in [2.75, 3.05) is 11.9 Å². The molecule has 3 N–H and O–H groups in total. The number of nitrogens with one attached hydrogen (secondary N) is 2. The number of carbonyl (C=O) groups excluding carboxylic acids is 1. The van der Waals surface area contributed by atoms with E-state index in [9.17, 15) is 9.59 Å². The van der Waals surface area contributed by atoms with Gasteiger partial charge in [-0.05, 0) is 68.4 Å². The first-order valence-electron chi connectivity index (χ1n) is 11.2. The summed E-state index contributed by atoms with van der Waals surface area (Å²) in [6.45, 7) is 2.57. The Hall–Kier alpha value is -3.53. The average Bonchev–Trinajstić information content (AvgIpc) is 3.31. The van der Waals surface area contributed by atoms with Crippen LogP contribution in [0.1, 0.15) is 36.3 Å². The van der Waals surface area contributed by atoms with Crippen molar-refractivity contribution >= 4 is 35.0 Å². The van der Waals surface area contributed by atoms with Gasteiger partial charge in [-0.3, -0.25) is 4.79 Å². The van der Waals surface area contributed by atoms with Crippen molar-refractivity contribution in [3.63, 3.8) is 0 Å². The molecule has 1 aliphatic carbocycles. The second-order valence-electron chi connectivity index (χ2n) is 8.38. The molecule has 0 unspecified atom stereocenters. The lowest BCUT2D eigenvalue weighted by atomic mass is 9.82. The van der Waals surface area contributed by atoms with E-state index in [1.165, 1.54) is 11.3 Å². The number of ether oxygens (including phenoxy) is 1. The van der Waals surface area contributed by atoms with Crippen molar-refractivity contribution in [2.45, 2.75) is 39.2 Å². The number of nitrogens with zero attached hydrogens (tertiary/aromatic N) is 3. The summed E-state index contributed by atoms with van der Waals surface area (Å²) in [5.41, 5.74) is 1.87. The highest BCUT2D eigenvalue weighted by Gasteiger charge is 2.26. The first kappa shape index (κ1) is 23.6. The Balaban J connectivity index is 1.25.